The summed E-state index contributed by atoms with van der Waals surface area (Å²) in [5, 5.41) is 1.71. The number of rotatable bonds is 6. The first-order valence-corrected chi connectivity index (χ1v) is 11.1. The molecule has 0 unspecified atom stereocenters. The molecular weight excluding hydrogens is 453 g/mol. The fourth-order valence-electron chi connectivity index (χ4n) is 3.97. The molecule has 6 heteroatoms. The summed E-state index contributed by atoms with van der Waals surface area (Å²) in [5.74, 6) is -0.187. The van der Waals surface area contributed by atoms with E-state index in [9.17, 15) is 18.0 Å². The number of aryl methyl sites for hydroxylation is 1. The van der Waals surface area contributed by atoms with Crippen molar-refractivity contribution in [1.29, 1.82) is 0 Å². The number of fused-ring (bicyclic) bond motifs is 1. The molecular formula is C29H23F3O3. The van der Waals surface area contributed by atoms with Gasteiger partial charge in [0.25, 0.3) is 0 Å². The first-order chi connectivity index (χ1) is 16.8. The molecule has 4 aromatic rings. The van der Waals surface area contributed by atoms with Crippen molar-refractivity contribution in [3.05, 3.63) is 102 Å². The molecule has 0 heterocycles. The zero-order valence-electron chi connectivity index (χ0n) is 19.2. The Kier molecular flexibility index (Phi) is 6.92. The van der Waals surface area contributed by atoms with Gasteiger partial charge in [0, 0.05) is 17.0 Å². The number of hydrogen-bond donors (Lipinski definition) is 0. The molecule has 4 aromatic carbocycles. The smallest absolute Gasteiger partial charge is 0.417 e. The molecule has 178 valence electrons. The molecule has 0 saturated carbocycles. The normalized spacial score (nSPS) is 11.7. The highest BCUT2D eigenvalue weighted by Gasteiger charge is 2.33. The van der Waals surface area contributed by atoms with Gasteiger partial charge in [-0.3, -0.25) is 0 Å². The second kappa shape index (κ2) is 10.1. The minimum atomic E-state index is -4.65. The third-order valence-corrected chi connectivity index (χ3v) is 5.50. The molecule has 0 spiro atoms. The highest BCUT2D eigenvalue weighted by Crippen LogP contribution is 2.43. The van der Waals surface area contributed by atoms with Gasteiger partial charge < -0.3 is 9.47 Å². The second-order valence-corrected chi connectivity index (χ2v) is 7.92. The minimum Gasteiger partial charge on any atom is -0.463 e. The van der Waals surface area contributed by atoms with Crippen LogP contribution in [0.2, 0.25) is 0 Å². The standard InChI is InChI=1S/C29H23F3O3/c1-3-34-26(33)16-14-20-13-15-23(18-25(20)29(30,31)32)35-28-24-12-8-7-11-22(24)17-19(2)27(28)21-9-5-4-6-10-21/h4-18H,3H2,1-2H3. The van der Waals surface area contributed by atoms with Gasteiger partial charge in [-0.25, -0.2) is 4.79 Å². The maximum absolute atomic E-state index is 13.9. The molecule has 0 aliphatic heterocycles. The zero-order valence-corrected chi connectivity index (χ0v) is 19.2. The van der Waals surface area contributed by atoms with Gasteiger partial charge in [-0.2, -0.15) is 13.2 Å². The van der Waals surface area contributed by atoms with E-state index in [0.717, 1.165) is 45.7 Å². The lowest BCUT2D eigenvalue weighted by atomic mass is 9.95. The van der Waals surface area contributed by atoms with E-state index in [4.69, 9.17) is 9.47 Å². The molecule has 0 fully saturated rings. The van der Waals surface area contributed by atoms with Crippen molar-refractivity contribution in [2.75, 3.05) is 6.61 Å². The van der Waals surface area contributed by atoms with Gasteiger partial charge in [0.05, 0.1) is 12.2 Å². The Morgan fingerprint density at radius 2 is 1.66 bits per heavy atom. The van der Waals surface area contributed by atoms with Crippen molar-refractivity contribution in [2.24, 2.45) is 0 Å². The molecule has 0 bridgehead atoms. The first kappa shape index (κ1) is 24.1. The number of esters is 1. The van der Waals surface area contributed by atoms with E-state index in [0.29, 0.717) is 5.75 Å². The fraction of sp³-hybridized carbons (Fsp3) is 0.138. The van der Waals surface area contributed by atoms with E-state index in [1.807, 2.05) is 67.6 Å². The number of ether oxygens (including phenoxy) is 2. The second-order valence-electron chi connectivity index (χ2n) is 7.92. The number of alkyl halides is 3. The summed E-state index contributed by atoms with van der Waals surface area (Å²) in [6, 6.07) is 22.9. The van der Waals surface area contributed by atoms with E-state index in [1.54, 1.807) is 6.92 Å². The molecule has 0 amide bonds. The summed E-state index contributed by atoms with van der Waals surface area (Å²) in [6.45, 7) is 3.71. The maximum atomic E-state index is 13.9. The van der Waals surface area contributed by atoms with Crippen LogP contribution < -0.4 is 4.74 Å². The van der Waals surface area contributed by atoms with Gasteiger partial charge >= 0.3 is 12.1 Å². The van der Waals surface area contributed by atoms with Gasteiger partial charge in [-0.05, 0) is 54.1 Å². The highest BCUT2D eigenvalue weighted by atomic mass is 19.4. The Labute approximate surface area is 201 Å². The lowest BCUT2D eigenvalue weighted by Crippen LogP contribution is -2.08. The van der Waals surface area contributed by atoms with Gasteiger partial charge in [-0.1, -0.05) is 66.7 Å². The molecule has 0 aliphatic carbocycles. The van der Waals surface area contributed by atoms with Crippen molar-refractivity contribution in [2.45, 2.75) is 20.0 Å². The van der Waals surface area contributed by atoms with Crippen LogP contribution in [0.3, 0.4) is 0 Å². The molecule has 35 heavy (non-hydrogen) atoms. The summed E-state index contributed by atoms with van der Waals surface area (Å²) < 4.78 is 52.7. The van der Waals surface area contributed by atoms with E-state index < -0.39 is 17.7 Å². The maximum Gasteiger partial charge on any atom is 0.417 e. The molecule has 3 nitrogen and oxygen atoms in total. The Balaban J connectivity index is 1.84. The third-order valence-electron chi connectivity index (χ3n) is 5.50. The lowest BCUT2D eigenvalue weighted by Gasteiger charge is -2.19. The van der Waals surface area contributed by atoms with Gasteiger partial charge in [0.2, 0.25) is 0 Å². The number of carbonyl (C=O) groups is 1. The van der Waals surface area contributed by atoms with Crippen molar-refractivity contribution in [3.8, 4) is 22.6 Å². The third kappa shape index (κ3) is 5.38. The van der Waals surface area contributed by atoms with E-state index in [-0.39, 0.29) is 17.9 Å². The number of halogens is 3. The number of hydrogen-bond acceptors (Lipinski definition) is 3. The van der Waals surface area contributed by atoms with Gasteiger partial charge in [0.15, 0.2) is 0 Å². The molecule has 4 rings (SSSR count). The molecule has 0 aliphatic rings. The summed E-state index contributed by atoms with van der Waals surface area (Å²) >= 11 is 0. The highest BCUT2D eigenvalue weighted by molar-refractivity contribution is 5.97. The Hall–Kier alpha value is -4.06. The van der Waals surface area contributed by atoms with Crippen LogP contribution in [0.25, 0.3) is 28.0 Å². The summed E-state index contributed by atoms with van der Waals surface area (Å²) in [6.07, 6.45) is -2.57. The average Bonchev–Trinajstić information content (AvgIpc) is 2.83. The van der Waals surface area contributed by atoms with Crippen LogP contribution in [-0.2, 0) is 15.7 Å². The van der Waals surface area contributed by atoms with Gasteiger partial charge in [0.1, 0.15) is 11.5 Å². The Bertz CT molecular complexity index is 1390. The average molecular weight is 476 g/mol. The summed E-state index contributed by atoms with van der Waals surface area (Å²) in [5.41, 5.74) is 1.58. The fourth-order valence-corrected chi connectivity index (χ4v) is 3.97. The van der Waals surface area contributed by atoms with Crippen molar-refractivity contribution in [1.82, 2.24) is 0 Å². The van der Waals surface area contributed by atoms with Crippen LogP contribution in [0.1, 0.15) is 23.6 Å². The van der Waals surface area contributed by atoms with Gasteiger partial charge in [-0.15, -0.1) is 0 Å². The predicted octanol–water partition coefficient (Wildman–Crippen LogP) is 8.20. The quantitative estimate of drug-likeness (QED) is 0.208. The van der Waals surface area contributed by atoms with E-state index in [2.05, 4.69) is 0 Å². The molecule has 0 saturated heterocycles. The Morgan fingerprint density at radius 3 is 2.37 bits per heavy atom. The zero-order chi connectivity index (χ0) is 25.0. The van der Waals surface area contributed by atoms with Crippen LogP contribution in [0.5, 0.6) is 11.5 Å². The van der Waals surface area contributed by atoms with Crippen molar-refractivity contribution >= 4 is 22.8 Å². The first-order valence-electron chi connectivity index (χ1n) is 11.1. The predicted molar refractivity (Wildman–Crippen MR) is 131 cm³/mol. The van der Waals surface area contributed by atoms with Crippen LogP contribution in [-0.4, -0.2) is 12.6 Å². The minimum absolute atomic E-state index is 0.0403. The van der Waals surface area contributed by atoms with Crippen LogP contribution in [0.4, 0.5) is 13.2 Å². The number of carbonyl (C=O) groups excluding carboxylic acids is 1. The lowest BCUT2D eigenvalue weighted by molar-refractivity contribution is -0.138. The van der Waals surface area contributed by atoms with Crippen molar-refractivity contribution < 1.29 is 27.4 Å². The molecule has 0 aromatic heterocycles. The summed E-state index contributed by atoms with van der Waals surface area (Å²) in [4.78, 5) is 11.6. The van der Waals surface area contributed by atoms with Crippen LogP contribution >= 0.6 is 0 Å². The summed E-state index contributed by atoms with van der Waals surface area (Å²) in [7, 11) is 0. The number of benzene rings is 4. The molecule has 0 N–H and O–H groups in total. The largest absolute Gasteiger partial charge is 0.463 e. The monoisotopic (exact) mass is 476 g/mol. The molecule has 0 atom stereocenters. The van der Waals surface area contributed by atoms with E-state index in [1.165, 1.54) is 12.1 Å². The SMILES string of the molecule is CCOC(=O)C=Cc1ccc(Oc2c(-c3ccccc3)c(C)cc3ccccc23)cc1C(F)(F)F. The Morgan fingerprint density at radius 1 is 0.943 bits per heavy atom. The van der Waals surface area contributed by atoms with E-state index >= 15 is 0 Å². The molecule has 0 radical (unpaired) electrons. The van der Waals surface area contributed by atoms with Crippen LogP contribution in [0, 0.1) is 6.92 Å². The van der Waals surface area contributed by atoms with Crippen LogP contribution in [0.15, 0.2) is 84.9 Å². The van der Waals surface area contributed by atoms with Crippen molar-refractivity contribution in [3.63, 3.8) is 0 Å². The topological polar surface area (TPSA) is 35.5 Å².